The van der Waals surface area contributed by atoms with Crippen LogP contribution in [0.4, 0.5) is 27.7 Å². The fourth-order valence-electron chi connectivity index (χ4n) is 2.72. The summed E-state index contributed by atoms with van der Waals surface area (Å²) in [6.07, 6.45) is 3.49. The quantitative estimate of drug-likeness (QED) is 0.474. The molecule has 0 saturated carbocycles. The molecule has 0 spiro atoms. The number of aromatic nitrogens is 4. The normalized spacial score (nSPS) is 10.4. The van der Waals surface area contributed by atoms with Gasteiger partial charge in [0.15, 0.2) is 11.6 Å². The number of aryl methyl sites for hydroxylation is 1. The van der Waals surface area contributed by atoms with Gasteiger partial charge >= 0.3 is 6.03 Å². The van der Waals surface area contributed by atoms with Crippen LogP contribution in [-0.4, -0.2) is 26.0 Å². The van der Waals surface area contributed by atoms with Gasteiger partial charge in [-0.3, -0.25) is 0 Å². The summed E-state index contributed by atoms with van der Waals surface area (Å²) in [5.41, 5.74) is 3.34. The number of rotatable bonds is 5. The SMILES string of the molecule is Cc1cccc(NC(=O)Nc2ccc(Nc3ccc(-n4cccn4)nn3)cc2)c1. The topological polar surface area (TPSA) is 96.8 Å². The van der Waals surface area contributed by atoms with Gasteiger partial charge in [0.1, 0.15) is 0 Å². The number of urea groups is 1. The van der Waals surface area contributed by atoms with E-state index < -0.39 is 0 Å². The minimum absolute atomic E-state index is 0.295. The molecule has 0 saturated heterocycles. The summed E-state index contributed by atoms with van der Waals surface area (Å²) < 4.78 is 1.64. The lowest BCUT2D eigenvalue weighted by Crippen LogP contribution is -2.19. The maximum atomic E-state index is 12.1. The van der Waals surface area contributed by atoms with Gasteiger partial charge in [-0.2, -0.15) is 5.10 Å². The Bertz CT molecular complexity index is 1090. The summed E-state index contributed by atoms with van der Waals surface area (Å²) in [7, 11) is 0. The molecule has 0 fully saturated rings. The molecule has 2 heterocycles. The monoisotopic (exact) mass is 385 g/mol. The molecule has 29 heavy (non-hydrogen) atoms. The first-order valence-corrected chi connectivity index (χ1v) is 9.01. The molecule has 0 unspecified atom stereocenters. The van der Waals surface area contributed by atoms with Gasteiger partial charge in [0, 0.05) is 29.5 Å². The lowest BCUT2D eigenvalue weighted by Gasteiger charge is -2.10. The standard InChI is InChI=1S/C21H19N7O/c1-15-4-2-5-18(14-15)25-21(29)24-17-8-6-16(7-9-17)23-19-10-11-20(27-26-19)28-13-3-12-22-28/h2-14H,1H3,(H,23,26)(H2,24,25,29). The molecule has 144 valence electrons. The number of anilines is 4. The maximum Gasteiger partial charge on any atom is 0.323 e. The zero-order chi connectivity index (χ0) is 20.1. The Morgan fingerprint density at radius 3 is 2.34 bits per heavy atom. The third-order valence-electron chi connectivity index (χ3n) is 4.08. The van der Waals surface area contributed by atoms with E-state index in [1.54, 1.807) is 17.1 Å². The highest BCUT2D eigenvalue weighted by atomic mass is 16.2. The Balaban J connectivity index is 1.34. The van der Waals surface area contributed by atoms with Crippen LogP contribution in [0.5, 0.6) is 0 Å². The van der Waals surface area contributed by atoms with Gasteiger partial charge in [-0.15, -0.1) is 10.2 Å². The molecular weight excluding hydrogens is 366 g/mol. The predicted molar refractivity (Wildman–Crippen MR) is 113 cm³/mol. The zero-order valence-corrected chi connectivity index (χ0v) is 15.7. The van der Waals surface area contributed by atoms with Crippen LogP contribution >= 0.6 is 0 Å². The minimum atomic E-state index is -0.295. The molecule has 3 N–H and O–H groups in total. The molecule has 0 bridgehead atoms. The van der Waals surface area contributed by atoms with Crippen molar-refractivity contribution in [1.29, 1.82) is 0 Å². The first-order valence-electron chi connectivity index (χ1n) is 9.01. The van der Waals surface area contributed by atoms with Crippen LogP contribution in [0.15, 0.2) is 79.1 Å². The highest BCUT2D eigenvalue weighted by molar-refractivity contribution is 5.99. The lowest BCUT2D eigenvalue weighted by atomic mass is 10.2. The van der Waals surface area contributed by atoms with E-state index in [1.165, 1.54) is 0 Å². The molecule has 0 atom stereocenters. The van der Waals surface area contributed by atoms with Crippen LogP contribution in [0.2, 0.25) is 0 Å². The molecule has 0 aliphatic carbocycles. The molecule has 0 aliphatic heterocycles. The zero-order valence-electron chi connectivity index (χ0n) is 15.7. The van der Waals surface area contributed by atoms with Crippen molar-refractivity contribution in [2.45, 2.75) is 6.92 Å². The third-order valence-corrected chi connectivity index (χ3v) is 4.08. The molecule has 0 aliphatic rings. The Morgan fingerprint density at radius 2 is 1.66 bits per heavy atom. The Morgan fingerprint density at radius 1 is 0.862 bits per heavy atom. The van der Waals surface area contributed by atoms with Gasteiger partial charge in [-0.25, -0.2) is 9.48 Å². The van der Waals surface area contributed by atoms with Gasteiger partial charge in [0.25, 0.3) is 0 Å². The Labute approximate surface area is 167 Å². The number of nitrogens with zero attached hydrogens (tertiary/aromatic N) is 4. The number of amides is 2. The van der Waals surface area contributed by atoms with Crippen molar-refractivity contribution in [2.24, 2.45) is 0 Å². The van der Waals surface area contributed by atoms with Crippen molar-refractivity contribution in [3.8, 4) is 5.82 Å². The highest BCUT2D eigenvalue weighted by Crippen LogP contribution is 2.18. The van der Waals surface area contributed by atoms with Crippen molar-refractivity contribution < 1.29 is 4.79 Å². The largest absolute Gasteiger partial charge is 0.339 e. The van der Waals surface area contributed by atoms with Crippen molar-refractivity contribution in [3.05, 3.63) is 84.7 Å². The molecule has 0 radical (unpaired) electrons. The fraction of sp³-hybridized carbons (Fsp3) is 0.0476. The molecule has 2 aromatic heterocycles. The van der Waals surface area contributed by atoms with Gasteiger partial charge in [-0.05, 0) is 67.1 Å². The predicted octanol–water partition coefficient (Wildman–Crippen LogP) is 4.36. The number of nitrogens with one attached hydrogen (secondary N) is 3. The molecule has 8 nitrogen and oxygen atoms in total. The molecule has 4 aromatic rings. The van der Waals surface area contributed by atoms with E-state index in [0.717, 1.165) is 16.9 Å². The van der Waals surface area contributed by atoms with Crippen molar-refractivity contribution in [2.75, 3.05) is 16.0 Å². The average Bonchev–Trinajstić information content (AvgIpc) is 3.25. The van der Waals surface area contributed by atoms with E-state index in [2.05, 4.69) is 31.2 Å². The Kier molecular flexibility index (Phi) is 5.15. The fourth-order valence-corrected chi connectivity index (χ4v) is 2.72. The Hall–Kier alpha value is -4.20. The average molecular weight is 385 g/mol. The number of carbonyl (C=O) groups excluding carboxylic acids is 1. The second kappa shape index (κ2) is 8.22. The molecule has 8 heteroatoms. The van der Waals surface area contributed by atoms with Crippen LogP contribution in [0.25, 0.3) is 5.82 Å². The molecule has 4 rings (SSSR count). The third kappa shape index (κ3) is 4.75. The summed E-state index contributed by atoms with van der Waals surface area (Å²) in [6, 6.07) is 20.1. The second-order valence-electron chi connectivity index (χ2n) is 6.38. The molecular formula is C21H19N7O. The number of hydrogen-bond acceptors (Lipinski definition) is 5. The minimum Gasteiger partial charge on any atom is -0.339 e. The van der Waals surface area contributed by atoms with E-state index in [-0.39, 0.29) is 6.03 Å². The van der Waals surface area contributed by atoms with Crippen LogP contribution < -0.4 is 16.0 Å². The summed E-state index contributed by atoms with van der Waals surface area (Å²) in [5, 5.41) is 21.2. The van der Waals surface area contributed by atoms with Crippen molar-refractivity contribution in [1.82, 2.24) is 20.0 Å². The van der Waals surface area contributed by atoms with E-state index in [4.69, 9.17) is 0 Å². The highest BCUT2D eigenvalue weighted by Gasteiger charge is 2.04. The van der Waals surface area contributed by atoms with E-state index in [0.29, 0.717) is 17.3 Å². The van der Waals surface area contributed by atoms with Crippen molar-refractivity contribution in [3.63, 3.8) is 0 Å². The maximum absolute atomic E-state index is 12.1. The number of hydrogen-bond donors (Lipinski definition) is 3. The van der Waals surface area contributed by atoms with Crippen LogP contribution in [0, 0.1) is 6.92 Å². The summed E-state index contributed by atoms with van der Waals surface area (Å²) >= 11 is 0. The molecule has 2 aromatic carbocycles. The van der Waals surface area contributed by atoms with E-state index >= 15 is 0 Å². The summed E-state index contributed by atoms with van der Waals surface area (Å²) in [4.78, 5) is 12.1. The van der Waals surface area contributed by atoms with Crippen LogP contribution in [0.1, 0.15) is 5.56 Å². The van der Waals surface area contributed by atoms with Gasteiger partial charge in [-0.1, -0.05) is 12.1 Å². The van der Waals surface area contributed by atoms with E-state index in [1.807, 2.05) is 73.7 Å². The summed E-state index contributed by atoms with van der Waals surface area (Å²) in [5.74, 6) is 1.25. The van der Waals surface area contributed by atoms with E-state index in [9.17, 15) is 4.79 Å². The lowest BCUT2D eigenvalue weighted by molar-refractivity contribution is 0.262. The number of carbonyl (C=O) groups is 1. The molecule has 2 amide bonds. The first-order chi connectivity index (χ1) is 14.2. The summed E-state index contributed by atoms with van der Waals surface area (Å²) in [6.45, 7) is 1.98. The van der Waals surface area contributed by atoms with Crippen LogP contribution in [0.3, 0.4) is 0 Å². The van der Waals surface area contributed by atoms with Crippen LogP contribution in [-0.2, 0) is 0 Å². The first kappa shape index (κ1) is 18.2. The number of benzene rings is 2. The second-order valence-corrected chi connectivity index (χ2v) is 6.38. The smallest absolute Gasteiger partial charge is 0.323 e. The van der Waals surface area contributed by atoms with Gasteiger partial charge < -0.3 is 16.0 Å². The van der Waals surface area contributed by atoms with Gasteiger partial charge in [0.05, 0.1) is 0 Å². The van der Waals surface area contributed by atoms with Crippen molar-refractivity contribution >= 4 is 28.9 Å². The van der Waals surface area contributed by atoms with Gasteiger partial charge in [0.2, 0.25) is 0 Å².